The van der Waals surface area contributed by atoms with Crippen molar-refractivity contribution in [1.29, 1.82) is 0 Å². The maximum Gasteiger partial charge on any atom is 0.285 e. The molecule has 0 atom stereocenters. The molecule has 84 valence electrons. The third-order valence-electron chi connectivity index (χ3n) is 2.23. The normalized spacial score (nSPS) is 11.5. The average Bonchev–Trinajstić information content (AvgIpc) is 2.17. The Morgan fingerprint density at radius 1 is 1.40 bits per heavy atom. The molecule has 0 spiro atoms. The van der Waals surface area contributed by atoms with Gasteiger partial charge in [-0.1, -0.05) is 0 Å². The molecule has 0 aromatic heterocycles. The fraction of sp³-hybridized carbons (Fsp3) is 0.455. The Hall–Kier alpha value is -1.16. The number of alkyl halides is 2. The van der Waals surface area contributed by atoms with Crippen LogP contribution in [0, 0.1) is 6.92 Å². The van der Waals surface area contributed by atoms with Gasteiger partial charge in [0.15, 0.2) is 0 Å². The van der Waals surface area contributed by atoms with Gasteiger partial charge in [0.1, 0.15) is 5.75 Å². The first-order chi connectivity index (χ1) is 7.01. The molecule has 0 aliphatic carbocycles. The molecule has 1 N–H and O–H groups in total. The monoisotopic (exact) mass is 215 g/mol. The number of benzene rings is 1. The van der Waals surface area contributed by atoms with Gasteiger partial charge in [-0.25, -0.2) is 0 Å². The second-order valence-corrected chi connectivity index (χ2v) is 3.42. The molecule has 0 fully saturated rings. The second kappa shape index (κ2) is 4.57. The first-order valence-corrected chi connectivity index (χ1v) is 4.69. The lowest BCUT2D eigenvalue weighted by Gasteiger charge is -2.18. The summed E-state index contributed by atoms with van der Waals surface area (Å²) in [6, 6.07) is 4.57. The van der Waals surface area contributed by atoms with E-state index in [4.69, 9.17) is 4.74 Å². The van der Waals surface area contributed by atoms with Crippen LogP contribution in [0.4, 0.5) is 8.78 Å². The lowest BCUT2D eigenvalue weighted by Crippen LogP contribution is -2.28. The standard InChI is InChI=1S/C11H15F2NO/c1-8-6-9(15-3)4-5-10(8)11(12,13)7-14-2/h4-6,14H,7H2,1-3H3. The van der Waals surface area contributed by atoms with E-state index in [-0.39, 0.29) is 12.1 Å². The molecule has 1 aromatic carbocycles. The number of nitrogens with one attached hydrogen (secondary N) is 1. The predicted molar refractivity (Wildman–Crippen MR) is 55.6 cm³/mol. The highest BCUT2D eigenvalue weighted by atomic mass is 19.3. The molecule has 0 heterocycles. The fourth-order valence-electron chi connectivity index (χ4n) is 1.49. The summed E-state index contributed by atoms with van der Waals surface area (Å²) in [7, 11) is 3.02. The van der Waals surface area contributed by atoms with Crippen molar-refractivity contribution in [3.05, 3.63) is 29.3 Å². The molecule has 1 aromatic rings. The van der Waals surface area contributed by atoms with Gasteiger partial charge in [0, 0.05) is 5.56 Å². The molecule has 0 saturated carbocycles. The fourth-order valence-corrected chi connectivity index (χ4v) is 1.49. The smallest absolute Gasteiger partial charge is 0.285 e. The first kappa shape index (κ1) is 11.9. The minimum absolute atomic E-state index is 0.0395. The molecule has 15 heavy (non-hydrogen) atoms. The Morgan fingerprint density at radius 3 is 2.53 bits per heavy atom. The number of halogens is 2. The Morgan fingerprint density at radius 2 is 2.07 bits per heavy atom. The van der Waals surface area contributed by atoms with Gasteiger partial charge in [-0.05, 0) is 37.7 Å². The van der Waals surface area contributed by atoms with E-state index in [1.165, 1.54) is 20.2 Å². The van der Waals surface area contributed by atoms with Crippen LogP contribution < -0.4 is 10.1 Å². The van der Waals surface area contributed by atoms with Crippen LogP contribution in [0.1, 0.15) is 11.1 Å². The van der Waals surface area contributed by atoms with Gasteiger partial charge >= 0.3 is 0 Å². The summed E-state index contributed by atoms with van der Waals surface area (Å²) < 4.78 is 32.1. The largest absolute Gasteiger partial charge is 0.497 e. The van der Waals surface area contributed by atoms with Crippen LogP contribution in [-0.4, -0.2) is 20.7 Å². The van der Waals surface area contributed by atoms with Gasteiger partial charge < -0.3 is 10.1 Å². The molecule has 0 bridgehead atoms. The van der Waals surface area contributed by atoms with E-state index in [2.05, 4.69) is 5.32 Å². The lowest BCUT2D eigenvalue weighted by molar-refractivity contribution is -0.00189. The summed E-state index contributed by atoms with van der Waals surface area (Å²) in [4.78, 5) is 0. The van der Waals surface area contributed by atoms with Gasteiger partial charge in [0.25, 0.3) is 5.92 Å². The molecule has 1 rings (SSSR count). The average molecular weight is 215 g/mol. The topological polar surface area (TPSA) is 21.3 Å². The summed E-state index contributed by atoms with van der Waals surface area (Å²) in [6.45, 7) is 1.29. The van der Waals surface area contributed by atoms with Crippen molar-refractivity contribution in [2.75, 3.05) is 20.7 Å². The number of hydrogen-bond acceptors (Lipinski definition) is 2. The maximum atomic E-state index is 13.5. The molecule has 0 unspecified atom stereocenters. The molecule has 0 amide bonds. The van der Waals surface area contributed by atoms with E-state index in [1.807, 2.05) is 0 Å². The Balaban J connectivity index is 3.04. The van der Waals surface area contributed by atoms with E-state index >= 15 is 0 Å². The van der Waals surface area contributed by atoms with Gasteiger partial charge in [0.05, 0.1) is 13.7 Å². The summed E-state index contributed by atoms with van der Waals surface area (Å²) in [6.07, 6.45) is 0. The first-order valence-electron chi connectivity index (χ1n) is 4.69. The third-order valence-corrected chi connectivity index (χ3v) is 2.23. The van der Waals surface area contributed by atoms with Gasteiger partial charge in [-0.3, -0.25) is 0 Å². The Labute approximate surface area is 88.3 Å². The number of aryl methyl sites for hydroxylation is 1. The molecule has 0 aliphatic rings. The highest BCUT2D eigenvalue weighted by molar-refractivity contribution is 5.37. The zero-order valence-corrected chi connectivity index (χ0v) is 9.10. The number of methoxy groups -OCH3 is 1. The van der Waals surface area contributed by atoms with Crippen LogP contribution in [0.3, 0.4) is 0 Å². The van der Waals surface area contributed by atoms with Crippen molar-refractivity contribution in [2.45, 2.75) is 12.8 Å². The summed E-state index contributed by atoms with van der Waals surface area (Å²) in [5.41, 5.74) is 0.576. The van der Waals surface area contributed by atoms with Crippen molar-refractivity contribution < 1.29 is 13.5 Å². The maximum absolute atomic E-state index is 13.5. The van der Waals surface area contributed by atoms with Gasteiger partial charge in [-0.2, -0.15) is 8.78 Å². The zero-order chi connectivity index (χ0) is 11.5. The molecular formula is C11H15F2NO. The van der Waals surface area contributed by atoms with Crippen LogP contribution >= 0.6 is 0 Å². The minimum atomic E-state index is -2.84. The minimum Gasteiger partial charge on any atom is -0.497 e. The summed E-state index contributed by atoms with van der Waals surface area (Å²) >= 11 is 0. The SMILES string of the molecule is CNCC(F)(F)c1ccc(OC)cc1C. The van der Waals surface area contributed by atoms with E-state index in [9.17, 15) is 8.78 Å². The third kappa shape index (κ3) is 2.65. The number of rotatable bonds is 4. The highest BCUT2D eigenvalue weighted by Gasteiger charge is 2.32. The van der Waals surface area contributed by atoms with E-state index < -0.39 is 5.92 Å². The van der Waals surface area contributed by atoms with E-state index in [1.54, 1.807) is 19.1 Å². The summed E-state index contributed by atoms with van der Waals surface area (Å²) in [5.74, 6) is -2.25. The van der Waals surface area contributed by atoms with Crippen molar-refractivity contribution >= 4 is 0 Å². The number of ether oxygens (including phenoxy) is 1. The molecule has 0 saturated heterocycles. The zero-order valence-electron chi connectivity index (χ0n) is 9.10. The molecule has 4 heteroatoms. The number of likely N-dealkylation sites (N-methyl/N-ethyl adjacent to an activating group) is 1. The molecule has 0 aliphatic heterocycles. The van der Waals surface area contributed by atoms with Crippen molar-refractivity contribution in [3.8, 4) is 5.75 Å². The predicted octanol–water partition coefficient (Wildman–Crippen LogP) is 2.31. The van der Waals surface area contributed by atoms with Crippen LogP contribution in [0.15, 0.2) is 18.2 Å². The van der Waals surface area contributed by atoms with Crippen molar-refractivity contribution in [2.24, 2.45) is 0 Å². The molecule has 2 nitrogen and oxygen atoms in total. The Kier molecular flexibility index (Phi) is 3.63. The van der Waals surface area contributed by atoms with Crippen molar-refractivity contribution in [1.82, 2.24) is 5.32 Å². The highest BCUT2D eigenvalue weighted by Crippen LogP contribution is 2.31. The van der Waals surface area contributed by atoms with Gasteiger partial charge in [0.2, 0.25) is 0 Å². The van der Waals surface area contributed by atoms with Crippen molar-refractivity contribution in [3.63, 3.8) is 0 Å². The lowest BCUT2D eigenvalue weighted by atomic mass is 10.0. The van der Waals surface area contributed by atoms with E-state index in [0.29, 0.717) is 11.3 Å². The molecular weight excluding hydrogens is 200 g/mol. The van der Waals surface area contributed by atoms with Crippen LogP contribution in [0.2, 0.25) is 0 Å². The summed E-state index contributed by atoms with van der Waals surface area (Å²) in [5, 5.41) is 2.48. The van der Waals surface area contributed by atoms with Gasteiger partial charge in [-0.15, -0.1) is 0 Å². The quantitative estimate of drug-likeness (QED) is 0.832. The van der Waals surface area contributed by atoms with Crippen LogP contribution in [-0.2, 0) is 5.92 Å². The van der Waals surface area contributed by atoms with Crippen LogP contribution in [0.5, 0.6) is 5.75 Å². The molecule has 0 radical (unpaired) electrons. The second-order valence-electron chi connectivity index (χ2n) is 3.42. The van der Waals surface area contributed by atoms with E-state index in [0.717, 1.165) is 0 Å². The van der Waals surface area contributed by atoms with Crippen LogP contribution in [0.25, 0.3) is 0 Å². The Bertz CT molecular complexity index is 339. The number of hydrogen-bond donors (Lipinski definition) is 1.